The summed E-state index contributed by atoms with van der Waals surface area (Å²) < 4.78 is 13.6. The Morgan fingerprint density at radius 3 is 2.67 bits per heavy atom. The number of hydrogen-bond acceptors (Lipinski definition) is 1. The molecule has 0 aliphatic carbocycles. The fourth-order valence-electron chi connectivity index (χ4n) is 2.04. The summed E-state index contributed by atoms with van der Waals surface area (Å²) in [6.45, 7) is 2.55. The van der Waals surface area contributed by atoms with Crippen LogP contribution in [0.25, 0.3) is 0 Å². The highest BCUT2D eigenvalue weighted by molar-refractivity contribution is 7.80. The summed E-state index contributed by atoms with van der Waals surface area (Å²) in [4.78, 5) is 1.83. The van der Waals surface area contributed by atoms with E-state index in [0.29, 0.717) is 17.2 Å². The number of nitrogens with zero attached hydrogens (tertiary/aromatic N) is 1. The molecule has 0 saturated heterocycles. The molecule has 0 bridgehead atoms. The molecule has 2 rings (SSSR count). The predicted molar refractivity (Wildman–Crippen MR) is 89.9 cm³/mol. The highest BCUT2D eigenvalue weighted by Crippen LogP contribution is 2.13. The van der Waals surface area contributed by atoms with Crippen molar-refractivity contribution in [3.63, 3.8) is 0 Å². The van der Waals surface area contributed by atoms with Crippen molar-refractivity contribution in [3.8, 4) is 0 Å². The first-order valence-corrected chi connectivity index (χ1v) is 7.35. The van der Waals surface area contributed by atoms with Crippen LogP contribution in [0.2, 0.25) is 0 Å². The van der Waals surface area contributed by atoms with Crippen LogP contribution in [0, 0.1) is 5.82 Å². The standard InChI is InChI=1S/C17H19FN2S/c1-3-13-7-6-9-15(11-13)19-17(21)20(2)12-14-8-4-5-10-16(14)18/h4-11H,3,12H2,1-2H3,(H,19,21). The molecule has 0 radical (unpaired) electrons. The van der Waals surface area contributed by atoms with Crippen molar-refractivity contribution in [2.24, 2.45) is 0 Å². The number of hydrogen-bond donors (Lipinski definition) is 1. The molecule has 2 aromatic rings. The monoisotopic (exact) mass is 302 g/mol. The second-order valence-corrected chi connectivity index (χ2v) is 5.32. The molecule has 0 aromatic heterocycles. The van der Waals surface area contributed by atoms with E-state index < -0.39 is 0 Å². The number of nitrogens with one attached hydrogen (secondary N) is 1. The largest absolute Gasteiger partial charge is 0.348 e. The van der Waals surface area contributed by atoms with E-state index in [1.54, 1.807) is 12.1 Å². The summed E-state index contributed by atoms with van der Waals surface area (Å²) in [7, 11) is 1.85. The lowest BCUT2D eigenvalue weighted by Crippen LogP contribution is -2.30. The van der Waals surface area contributed by atoms with Gasteiger partial charge in [0, 0.05) is 24.8 Å². The van der Waals surface area contributed by atoms with E-state index in [9.17, 15) is 4.39 Å². The average Bonchev–Trinajstić information content (AvgIpc) is 2.49. The van der Waals surface area contributed by atoms with Crippen molar-refractivity contribution in [1.29, 1.82) is 0 Å². The van der Waals surface area contributed by atoms with E-state index in [0.717, 1.165) is 12.1 Å². The zero-order chi connectivity index (χ0) is 15.2. The van der Waals surface area contributed by atoms with Gasteiger partial charge in [0.25, 0.3) is 0 Å². The summed E-state index contributed by atoms with van der Waals surface area (Å²) in [6, 6.07) is 14.9. The highest BCUT2D eigenvalue weighted by Gasteiger charge is 2.08. The topological polar surface area (TPSA) is 15.3 Å². The van der Waals surface area contributed by atoms with Gasteiger partial charge in [-0.15, -0.1) is 0 Å². The molecule has 4 heteroatoms. The van der Waals surface area contributed by atoms with E-state index in [4.69, 9.17) is 12.2 Å². The Balaban J connectivity index is 2.01. The Bertz CT molecular complexity index is 628. The number of aryl methyl sites for hydroxylation is 1. The van der Waals surface area contributed by atoms with E-state index in [1.165, 1.54) is 11.6 Å². The first kappa shape index (κ1) is 15.4. The molecule has 2 nitrogen and oxygen atoms in total. The molecule has 0 aliphatic heterocycles. The van der Waals surface area contributed by atoms with Crippen LogP contribution in [0.1, 0.15) is 18.1 Å². The molecule has 0 heterocycles. The van der Waals surface area contributed by atoms with Crippen molar-refractivity contribution in [1.82, 2.24) is 4.90 Å². The minimum atomic E-state index is -0.208. The number of benzene rings is 2. The molecule has 110 valence electrons. The van der Waals surface area contributed by atoms with Gasteiger partial charge in [-0.3, -0.25) is 0 Å². The summed E-state index contributed by atoms with van der Waals surface area (Å²) in [5.41, 5.74) is 2.84. The average molecular weight is 302 g/mol. The molecule has 0 spiro atoms. The molecule has 2 aromatic carbocycles. The van der Waals surface area contributed by atoms with Gasteiger partial charge in [-0.05, 0) is 42.4 Å². The van der Waals surface area contributed by atoms with Crippen molar-refractivity contribution in [2.75, 3.05) is 12.4 Å². The minimum Gasteiger partial charge on any atom is -0.348 e. The molecule has 21 heavy (non-hydrogen) atoms. The molecule has 0 fully saturated rings. The van der Waals surface area contributed by atoms with Crippen molar-refractivity contribution in [3.05, 3.63) is 65.5 Å². The van der Waals surface area contributed by atoms with Gasteiger partial charge in [-0.2, -0.15) is 0 Å². The van der Waals surface area contributed by atoms with Gasteiger partial charge in [0.15, 0.2) is 5.11 Å². The van der Waals surface area contributed by atoms with E-state index >= 15 is 0 Å². The Morgan fingerprint density at radius 2 is 1.95 bits per heavy atom. The van der Waals surface area contributed by atoms with Crippen LogP contribution < -0.4 is 5.32 Å². The second kappa shape index (κ2) is 7.18. The Morgan fingerprint density at radius 1 is 1.19 bits per heavy atom. The second-order valence-electron chi connectivity index (χ2n) is 4.93. The van der Waals surface area contributed by atoms with E-state index in [1.807, 2.05) is 30.1 Å². The lowest BCUT2D eigenvalue weighted by molar-refractivity contribution is 0.486. The number of anilines is 1. The number of halogens is 1. The Labute approximate surface area is 130 Å². The third-order valence-corrected chi connectivity index (χ3v) is 3.71. The lowest BCUT2D eigenvalue weighted by atomic mass is 10.1. The smallest absolute Gasteiger partial charge is 0.173 e. The summed E-state index contributed by atoms with van der Waals surface area (Å²) >= 11 is 5.37. The molecular formula is C17H19FN2S. The highest BCUT2D eigenvalue weighted by atomic mass is 32.1. The van der Waals surface area contributed by atoms with Crippen molar-refractivity contribution >= 4 is 23.0 Å². The van der Waals surface area contributed by atoms with Gasteiger partial charge >= 0.3 is 0 Å². The third-order valence-electron chi connectivity index (χ3n) is 3.30. The summed E-state index contributed by atoms with van der Waals surface area (Å²) in [5, 5.41) is 3.77. The molecule has 0 saturated carbocycles. The minimum absolute atomic E-state index is 0.208. The van der Waals surface area contributed by atoms with Crippen LogP contribution in [0.15, 0.2) is 48.5 Å². The maximum atomic E-state index is 13.6. The van der Waals surface area contributed by atoms with E-state index in [2.05, 4.69) is 24.4 Å². The quantitative estimate of drug-likeness (QED) is 0.851. The maximum absolute atomic E-state index is 13.6. The zero-order valence-corrected chi connectivity index (χ0v) is 13.1. The molecule has 0 atom stereocenters. The van der Waals surface area contributed by atoms with Gasteiger partial charge < -0.3 is 10.2 Å². The lowest BCUT2D eigenvalue weighted by Gasteiger charge is -2.21. The maximum Gasteiger partial charge on any atom is 0.173 e. The van der Waals surface area contributed by atoms with Gasteiger partial charge in [0.2, 0.25) is 0 Å². The number of thiocarbonyl (C=S) groups is 1. The molecule has 0 amide bonds. The normalized spacial score (nSPS) is 10.2. The van der Waals surface area contributed by atoms with Crippen molar-refractivity contribution < 1.29 is 4.39 Å². The van der Waals surface area contributed by atoms with Gasteiger partial charge in [-0.1, -0.05) is 37.3 Å². The predicted octanol–water partition coefficient (Wildman–Crippen LogP) is 4.22. The molecule has 0 aliphatic rings. The van der Waals surface area contributed by atoms with Crippen molar-refractivity contribution in [2.45, 2.75) is 19.9 Å². The van der Waals surface area contributed by atoms with Gasteiger partial charge in [0.05, 0.1) is 0 Å². The molecule has 1 N–H and O–H groups in total. The fourth-order valence-corrected chi connectivity index (χ4v) is 2.22. The van der Waals surface area contributed by atoms with Gasteiger partial charge in [0.1, 0.15) is 5.82 Å². The van der Waals surface area contributed by atoms with Crippen LogP contribution in [0.4, 0.5) is 10.1 Å². The number of rotatable bonds is 4. The fraction of sp³-hybridized carbons (Fsp3) is 0.235. The first-order chi connectivity index (χ1) is 10.1. The SMILES string of the molecule is CCc1cccc(NC(=S)N(C)Cc2ccccc2F)c1. The summed E-state index contributed by atoms with van der Waals surface area (Å²) in [6.07, 6.45) is 0.980. The summed E-state index contributed by atoms with van der Waals surface area (Å²) in [5.74, 6) is -0.208. The van der Waals surface area contributed by atoms with E-state index in [-0.39, 0.29) is 5.82 Å². The molecule has 0 unspecified atom stereocenters. The Hall–Kier alpha value is -1.94. The van der Waals surface area contributed by atoms with Gasteiger partial charge in [-0.25, -0.2) is 4.39 Å². The van der Waals surface area contributed by atoms with Crippen LogP contribution >= 0.6 is 12.2 Å². The Kier molecular flexibility index (Phi) is 5.28. The third kappa shape index (κ3) is 4.26. The first-order valence-electron chi connectivity index (χ1n) is 6.94. The van der Waals surface area contributed by atoms with Crippen LogP contribution in [-0.4, -0.2) is 17.1 Å². The molecular weight excluding hydrogens is 283 g/mol. The van der Waals surface area contributed by atoms with Crippen LogP contribution in [-0.2, 0) is 13.0 Å². The zero-order valence-electron chi connectivity index (χ0n) is 12.3. The van der Waals surface area contributed by atoms with Crippen LogP contribution in [0.5, 0.6) is 0 Å². The van der Waals surface area contributed by atoms with Crippen LogP contribution in [0.3, 0.4) is 0 Å².